The molecule has 0 saturated heterocycles. The Morgan fingerprint density at radius 3 is 2.20 bits per heavy atom. The van der Waals surface area contributed by atoms with Gasteiger partial charge in [-0.25, -0.2) is 4.79 Å². The van der Waals surface area contributed by atoms with Crippen molar-refractivity contribution in [2.75, 3.05) is 13.2 Å². The molecule has 2 N–H and O–H groups in total. The Hall–Kier alpha value is -0.910. The smallest absolute Gasteiger partial charge is 0.364 e. The fraction of sp³-hybridized carbons (Fsp3) is 0.714. The van der Waals surface area contributed by atoms with Crippen LogP contribution < -0.4 is 5.32 Å². The molecule has 1 unspecified atom stereocenters. The first-order valence-corrected chi connectivity index (χ1v) is 5.94. The van der Waals surface area contributed by atoms with Crippen molar-refractivity contribution in [1.29, 1.82) is 0 Å². The van der Waals surface area contributed by atoms with Crippen molar-refractivity contribution in [3.63, 3.8) is 0 Å². The van der Waals surface area contributed by atoms with Crippen LogP contribution in [0.25, 0.3) is 0 Å². The zero-order valence-corrected chi connectivity index (χ0v) is 9.40. The molecule has 1 amide bonds. The molecule has 0 heterocycles. The van der Waals surface area contributed by atoms with Gasteiger partial charge in [-0.15, -0.1) is 0 Å². The van der Waals surface area contributed by atoms with Gasteiger partial charge in [0, 0.05) is 0 Å². The van der Waals surface area contributed by atoms with Crippen molar-refractivity contribution in [3.8, 4) is 0 Å². The summed E-state index contributed by atoms with van der Waals surface area (Å²) in [7, 11) is -3.84. The summed E-state index contributed by atoms with van der Waals surface area (Å²) in [5, 5.41) is 10.6. The average molecular weight is 239 g/mol. The van der Waals surface area contributed by atoms with Crippen LogP contribution in [0.15, 0.2) is 0 Å². The van der Waals surface area contributed by atoms with Crippen LogP contribution in [0.5, 0.6) is 0 Å². The molecular formula is C7H14NO6P. The maximum absolute atomic E-state index is 11.9. The predicted molar refractivity (Wildman–Crippen MR) is 51.5 cm³/mol. The molecule has 8 heteroatoms. The Balaban J connectivity index is 4.89. The van der Waals surface area contributed by atoms with E-state index in [9.17, 15) is 14.2 Å². The van der Waals surface area contributed by atoms with Crippen molar-refractivity contribution >= 4 is 20.0 Å². The number of carbonyl (C=O) groups is 2. The Morgan fingerprint density at radius 2 is 1.93 bits per heavy atom. The topological polar surface area (TPSA) is 102 Å². The molecule has 15 heavy (non-hydrogen) atoms. The van der Waals surface area contributed by atoms with Crippen LogP contribution in [0.1, 0.15) is 13.8 Å². The first-order chi connectivity index (χ1) is 7.01. The van der Waals surface area contributed by atoms with E-state index in [2.05, 4.69) is 0 Å². The largest absolute Gasteiger partial charge is 0.479 e. The molecule has 0 aromatic carbocycles. The summed E-state index contributed by atoms with van der Waals surface area (Å²) in [6.07, 6.45) is 0.142. The quantitative estimate of drug-likeness (QED) is 0.469. The van der Waals surface area contributed by atoms with Crippen LogP contribution >= 0.6 is 7.60 Å². The van der Waals surface area contributed by atoms with Crippen molar-refractivity contribution in [2.24, 2.45) is 0 Å². The molecule has 88 valence electrons. The number of rotatable bonds is 8. The van der Waals surface area contributed by atoms with E-state index >= 15 is 0 Å². The van der Waals surface area contributed by atoms with E-state index in [4.69, 9.17) is 14.2 Å². The van der Waals surface area contributed by atoms with Crippen molar-refractivity contribution in [2.45, 2.75) is 19.6 Å². The lowest BCUT2D eigenvalue weighted by molar-refractivity contribution is -0.138. The Labute approximate surface area is 87.3 Å². The number of carboxylic acids is 1. The first-order valence-electron chi connectivity index (χ1n) is 4.33. The summed E-state index contributed by atoms with van der Waals surface area (Å²) >= 11 is 0. The molecule has 0 bridgehead atoms. The Kier molecular flexibility index (Phi) is 6.15. The molecule has 0 rings (SSSR count). The van der Waals surface area contributed by atoms with Crippen LogP contribution in [-0.2, 0) is 23.2 Å². The molecule has 0 fully saturated rings. The molecule has 1 atom stereocenters. The molecular weight excluding hydrogens is 225 g/mol. The van der Waals surface area contributed by atoms with Crippen LogP contribution in [0, 0.1) is 0 Å². The summed E-state index contributed by atoms with van der Waals surface area (Å²) in [6, 6.07) is 0. The first kappa shape index (κ1) is 14.1. The van der Waals surface area contributed by atoms with E-state index < -0.39 is 19.3 Å². The van der Waals surface area contributed by atoms with E-state index in [-0.39, 0.29) is 19.6 Å². The lowest BCUT2D eigenvalue weighted by Gasteiger charge is -2.22. The van der Waals surface area contributed by atoms with E-state index in [0.717, 1.165) is 0 Å². The van der Waals surface area contributed by atoms with Crippen LogP contribution in [0.2, 0.25) is 0 Å². The van der Waals surface area contributed by atoms with Gasteiger partial charge >= 0.3 is 13.6 Å². The third-order valence-corrected chi connectivity index (χ3v) is 3.63. The van der Waals surface area contributed by atoms with E-state index in [1.54, 1.807) is 13.8 Å². The number of hydrogen-bond acceptors (Lipinski definition) is 5. The Bertz CT molecular complexity index is 258. The van der Waals surface area contributed by atoms with Gasteiger partial charge in [0.05, 0.1) is 13.2 Å². The van der Waals surface area contributed by atoms with Crippen molar-refractivity contribution in [3.05, 3.63) is 0 Å². The highest BCUT2D eigenvalue weighted by Gasteiger charge is 2.41. The van der Waals surface area contributed by atoms with E-state index in [1.807, 2.05) is 5.32 Å². The molecule has 0 aliphatic carbocycles. The third kappa shape index (κ3) is 3.99. The van der Waals surface area contributed by atoms with Gasteiger partial charge in [-0.2, -0.15) is 0 Å². The zero-order valence-electron chi connectivity index (χ0n) is 8.50. The van der Waals surface area contributed by atoms with E-state index in [0.29, 0.717) is 0 Å². The average Bonchev–Trinajstić information content (AvgIpc) is 2.14. The predicted octanol–water partition coefficient (Wildman–Crippen LogP) is 0.409. The van der Waals surface area contributed by atoms with Gasteiger partial charge in [-0.1, -0.05) is 0 Å². The minimum absolute atomic E-state index is 0.0294. The second-order valence-corrected chi connectivity index (χ2v) is 4.51. The minimum atomic E-state index is -3.84. The second kappa shape index (κ2) is 6.55. The lowest BCUT2D eigenvalue weighted by Crippen LogP contribution is -2.36. The maximum Gasteiger partial charge on any atom is 0.364 e. The monoisotopic (exact) mass is 239 g/mol. The summed E-state index contributed by atoms with van der Waals surface area (Å²) in [5.41, 5.74) is 0. The van der Waals surface area contributed by atoms with Gasteiger partial charge in [-0.3, -0.25) is 9.36 Å². The highest BCUT2D eigenvalue weighted by Crippen LogP contribution is 2.51. The van der Waals surface area contributed by atoms with Crippen LogP contribution in [0.3, 0.4) is 0 Å². The molecule has 0 aliphatic rings. The molecule has 0 saturated carbocycles. The van der Waals surface area contributed by atoms with Gasteiger partial charge in [-0.05, 0) is 13.8 Å². The second-order valence-electron chi connectivity index (χ2n) is 2.40. The fourth-order valence-corrected chi connectivity index (χ4v) is 2.51. The number of hydrogen-bond donors (Lipinski definition) is 2. The highest BCUT2D eigenvalue weighted by atomic mass is 31.2. The standard InChI is InChI=1S/C7H14NO6P/c1-3-13-15(12,14-4-2)6(7(10)11)8-5-9/h5-6H,3-4H2,1-2H3,(H,8,9)(H,10,11). The molecule has 0 aromatic rings. The van der Waals surface area contributed by atoms with Gasteiger partial charge < -0.3 is 19.5 Å². The molecule has 7 nitrogen and oxygen atoms in total. The summed E-state index contributed by atoms with van der Waals surface area (Å²) in [5.74, 6) is -3.14. The normalized spacial score (nSPS) is 13.2. The van der Waals surface area contributed by atoms with Crippen molar-refractivity contribution < 1.29 is 28.3 Å². The van der Waals surface area contributed by atoms with Gasteiger partial charge in [0.1, 0.15) is 0 Å². The Morgan fingerprint density at radius 1 is 1.47 bits per heavy atom. The van der Waals surface area contributed by atoms with Gasteiger partial charge in [0.2, 0.25) is 12.2 Å². The number of carbonyl (C=O) groups excluding carboxylic acids is 1. The third-order valence-electron chi connectivity index (χ3n) is 1.39. The SMILES string of the molecule is CCOP(=O)(OCC)C(NC=O)C(=O)O. The van der Waals surface area contributed by atoms with Crippen molar-refractivity contribution in [1.82, 2.24) is 5.32 Å². The zero-order chi connectivity index (χ0) is 11.9. The molecule has 0 aromatic heterocycles. The van der Waals surface area contributed by atoms with Gasteiger partial charge in [0.15, 0.2) is 0 Å². The van der Waals surface area contributed by atoms with Gasteiger partial charge in [0.25, 0.3) is 0 Å². The maximum atomic E-state index is 11.9. The summed E-state index contributed by atoms with van der Waals surface area (Å²) < 4.78 is 21.5. The molecule has 0 radical (unpaired) electrons. The highest BCUT2D eigenvalue weighted by molar-refractivity contribution is 7.55. The molecule has 0 aliphatic heterocycles. The summed E-state index contributed by atoms with van der Waals surface area (Å²) in [6.45, 7) is 3.15. The number of aliphatic carboxylic acids is 1. The minimum Gasteiger partial charge on any atom is -0.479 e. The van der Waals surface area contributed by atoms with E-state index in [1.165, 1.54) is 0 Å². The molecule has 0 spiro atoms. The van der Waals surface area contributed by atoms with Crippen LogP contribution in [0.4, 0.5) is 0 Å². The fourth-order valence-electron chi connectivity index (χ4n) is 0.909. The number of amides is 1. The number of nitrogens with one attached hydrogen (secondary N) is 1. The lowest BCUT2D eigenvalue weighted by atomic mass is 10.6. The number of carboxylic acid groups (broad SMARTS) is 1. The van der Waals surface area contributed by atoms with Crippen LogP contribution in [-0.4, -0.2) is 36.5 Å². The summed E-state index contributed by atoms with van der Waals surface area (Å²) in [4.78, 5) is 20.9.